The number of amides is 1. The normalized spacial score (nSPS) is 19.5. The van der Waals surface area contributed by atoms with Crippen LogP contribution in [0, 0.1) is 5.92 Å². The van der Waals surface area contributed by atoms with Gasteiger partial charge >= 0.3 is 0 Å². The average molecular weight is 212 g/mol. The van der Waals surface area contributed by atoms with E-state index in [9.17, 15) is 4.79 Å². The van der Waals surface area contributed by atoms with E-state index < -0.39 is 0 Å². The molecule has 0 aromatic rings. The second-order valence-corrected chi connectivity index (χ2v) is 4.70. The maximum Gasteiger partial charge on any atom is 0.223 e. The van der Waals surface area contributed by atoms with Gasteiger partial charge < -0.3 is 10.2 Å². The van der Waals surface area contributed by atoms with Crippen molar-refractivity contribution in [3.8, 4) is 0 Å². The van der Waals surface area contributed by atoms with Crippen molar-refractivity contribution in [2.24, 2.45) is 5.92 Å². The van der Waals surface area contributed by atoms with Crippen LogP contribution in [-0.4, -0.2) is 36.5 Å². The Morgan fingerprint density at radius 2 is 2.00 bits per heavy atom. The lowest BCUT2D eigenvalue weighted by atomic mass is 9.95. The minimum absolute atomic E-state index is 0.256. The minimum atomic E-state index is 0.256. The van der Waals surface area contributed by atoms with Gasteiger partial charge in [0.15, 0.2) is 0 Å². The molecule has 3 heteroatoms. The molecule has 1 amide bonds. The Hall–Kier alpha value is -0.570. The fourth-order valence-electron chi connectivity index (χ4n) is 2.07. The lowest BCUT2D eigenvalue weighted by Gasteiger charge is -2.33. The lowest BCUT2D eigenvalue weighted by Crippen LogP contribution is -2.43. The fraction of sp³-hybridized carbons (Fsp3) is 0.917. The topological polar surface area (TPSA) is 32.3 Å². The third kappa shape index (κ3) is 3.82. The zero-order valence-electron chi connectivity index (χ0n) is 10.3. The van der Waals surface area contributed by atoms with E-state index >= 15 is 0 Å². The summed E-state index contributed by atoms with van der Waals surface area (Å²) in [7, 11) is 0. The number of nitrogens with one attached hydrogen (secondary N) is 1. The van der Waals surface area contributed by atoms with Gasteiger partial charge in [0.2, 0.25) is 5.91 Å². The second kappa shape index (κ2) is 6.11. The van der Waals surface area contributed by atoms with E-state index in [-0.39, 0.29) is 11.8 Å². The number of rotatable bonds is 4. The van der Waals surface area contributed by atoms with Crippen molar-refractivity contribution in [1.82, 2.24) is 10.2 Å². The van der Waals surface area contributed by atoms with Crippen LogP contribution in [-0.2, 0) is 4.79 Å². The zero-order valence-corrected chi connectivity index (χ0v) is 10.3. The van der Waals surface area contributed by atoms with Gasteiger partial charge in [-0.15, -0.1) is 0 Å². The van der Waals surface area contributed by atoms with E-state index in [2.05, 4.69) is 31.0 Å². The number of nitrogens with zero attached hydrogens (tertiary/aromatic N) is 1. The van der Waals surface area contributed by atoms with Crippen LogP contribution in [0.5, 0.6) is 0 Å². The summed E-state index contributed by atoms with van der Waals surface area (Å²) in [5.41, 5.74) is 0. The van der Waals surface area contributed by atoms with Crippen molar-refractivity contribution >= 4 is 5.91 Å². The van der Waals surface area contributed by atoms with Crippen LogP contribution in [0.25, 0.3) is 0 Å². The Balaban J connectivity index is 2.27. The highest BCUT2D eigenvalue weighted by Gasteiger charge is 2.25. The Kier molecular flexibility index (Phi) is 5.09. The van der Waals surface area contributed by atoms with Crippen LogP contribution in [0.1, 0.15) is 40.0 Å². The van der Waals surface area contributed by atoms with Crippen molar-refractivity contribution < 1.29 is 4.79 Å². The van der Waals surface area contributed by atoms with Crippen LogP contribution < -0.4 is 5.32 Å². The number of piperidine rings is 1. The smallest absolute Gasteiger partial charge is 0.223 e. The molecule has 0 aromatic heterocycles. The number of carbonyl (C=O) groups excluding carboxylic acids is 1. The van der Waals surface area contributed by atoms with Gasteiger partial charge in [0.05, 0.1) is 0 Å². The van der Waals surface area contributed by atoms with Gasteiger partial charge in [-0.05, 0) is 46.2 Å². The van der Waals surface area contributed by atoms with Gasteiger partial charge in [-0.25, -0.2) is 0 Å². The molecule has 0 aromatic carbocycles. The van der Waals surface area contributed by atoms with Gasteiger partial charge in [-0.1, -0.05) is 6.92 Å². The summed E-state index contributed by atoms with van der Waals surface area (Å²) >= 11 is 0. The molecule has 1 fully saturated rings. The Morgan fingerprint density at radius 1 is 1.40 bits per heavy atom. The summed E-state index contributed by atoms with van der Waals surface area (Å²) in [6.07, 6.45) is 3.07. The lowest BCUT2D eigenvalue weighted by molar-refractivity contribution is -0.126. The van der Waals surface area contributed by atoms with Gasteiger partial charge in [0.1, 0.15) is 0 Å². The SMILES string of the molecule is CCCNC(=O)C1CCN(C(C)C)CC1. The monoisotopic (exact) mass is 212 g/mol. The molecule has 0 radical (unpaired) electrons. The highest BCUT2D eigenvalue weighted by atomic mass is 16.1. The standard InChI is InChI=1S/C12H24N2O/c1-4-7-13-12(15)11-5-8-14(9-6-11)10(2)3/h10-11H,4-9H2,1-3H3,(H,13,15). The molecule has 3 nitrogen and oxygen atoms in total. The van der Waals surface area contributed by atoms with Gasteiger partial charge in [-0.3, -0.25) is 4.79 Å². The first-order valence-electron chi connectivity index (χ1n) is 6.17. The quantitative estimate of drug-likeness (QED) is 0.768. The molecule has 1 aliphatic heterocycles. The van der Waals surface area contributed by atoms with E-state index in [0.717, 1.165) is 38.9 Å². The van der Waals surface area contributed by atoms with E-state index in [0.29, 0.717) is 6.04 Å². The van der Waals surface area contributed by atoms with Crippen molar-refractivity contribution in [2.75, 3.05) is 19.6 Å². The number of carbonyl (C=O) groups is 1. The van der Waals surface area contributed by atoms with Gasteiger partial charge in [-0.2, -0.15) is 0 Å². The predicted octanol–water partition coefficient (Wildman–Crippen LogP) is 1.63. The van der Waals surface area contributed by atoms with Crippen molar-refractivity contribution in [2.45, 2.75) is 46.1 Å². The first kappa shape index (κ1) is 12.5. The van der Waals surface area contributed by atoms with E-state index in [1.165, 1.54) is 0 Å². The predicted molar refractivity (Wildman–Crippen MR) is 62.7 cm³/mol. The molecule has 1 rings (SSSR count). The minimum Gasteiger partial charge on any atom is -0.356 e. The maximum atomic E-state index is 11.7. The Labute approximate surface area is 93.2 Å². The zero-order chi connectivity index (χ0) is 11.3. The Bertz CT molecular complexity index is 196. The van der Waals surface area contributed by atoms with E-state index in [1.807, 2.05) is 0 Å². The summed E-state index contributed by atoms with van der Waals surface area (Å²) < 4.78 is 0. The van der Waals surface area contributed by atoms with Crippen molar-refractivity contribution in [3.05, 3.63) is 0 Å². The first-order valence-corrected chi connectivity index (χ1v) is 6.17. The molecule has 0 bridgehead atoms. The molecule has 0 unspecified atom stereocenters. The molecular weight excluding hydrogens is 188 g/mol. The van der Waals surface area contributed by atoms with Crippen molar-refractivity contribution in [3.63, 3.8) is 0 Å². The van der Waals surface area contributed by atoms with Gasteiger partial charge in [0.25, 0.3) is 0 Å². The van der Waals surface area contributed by atoms with Crippen LogP contribution in [0.3, 0.4) is 0 Å². The van der Waals surface area contributed by atoms with E-state index in [1.54, 1.807) is 0 Å². The molecule has 1 heterocycles. The maximum absolute atomic E-state index is 11.7. The molecule has 88 valence electrons. The third-order valence-corrected chi connectivity index (χ3v) is 3.18. The van der Waals surface area contributed by atoms with Crippen LogP contribution in [0.2, 0.25) is 0 Å². The molecule has 0 spiro atoms. The Morgan fingerprint density at radius 3 is 2.47 bits per heavy atom. The fourth-order valence-corrected chi connectivity index (χ4v) is 2.07. The molecule has 0 atom stereocenters. The second-order valence-electron chi connectivity index (χ2n) is 4.70. The highest BCUT2D eigenvalue weighted by Crippen LogP contribution is 2.18. The number of hydrogen-bond donors (Lipinski definition) is 1. The van der Waals surface area contributed by atoms with Crippen LogP contribution in [0.15, 0.2) is 0 Å². The number of hydrogen-bond acceptors (Lipinski definition) is 2. The highest BCUT2D eigenvalue weighted by molar-refractivity contribution is 5.78. The largest absolute Gasteiger partial charge is 0.356 e. The molecule has 1 saturated heterocycles. The first-order chi connectivity index (χ1) is 7.15. The van der Waals surface area contributed by atoms with Crippen molar-refractivity contribution in [1.29, 1.82) is 0 Å². The molecule has 15 heavy (non-hydrogen) atoms. The van der Waals surface area contributed by atoms with Crippen LogP contribution >= 0.6 is 0 Å². The molecule has 1 N–H and O–H groups in total. The third-order valence-electron chi connectivity index (χ3n) is 3.18. The molecule has 1 aliphatic rings. The summed E-state index contributed by atoms with van der Waals surface area (Å²) in [5, 5.41) is 2.99. The summed E-state index contributed by atoms with van der Waals surface area (Å²) in [6, 6.07) is 0.615. The molecule has 0 saturated carbocycles. The summed E-state index contributed by atoms with van der Waals surface area (Å²) in [4.78, 5) is 14.2. The van der Waals surface area contributed by atoms with E-state index in [4.69, 9.17) is 0 Å². The van der Waals surface area contributed by atoms with Gasteiger partial charge in [0, 0.05) is 18.5 Å². The molecule has 0 aliphatic carbocycles. The average Bonchev–Trinajstić information content (AvgIpc) is 2.26. The molecular formula is C12H24N2O. The van der Waals surface area contributed by atoms with Crippen LogP contribution in [0.4, 0.5) is 0 Å². The summed E-state index contributed by atoms with van der Waals surface area (Å²) in [5.74, 6) is 0.520. The summed E-state index contributed by atoms with van der Waals surface area (Å²) in [6.45, 7) is 9.49. The number of likely N-dealkylation sites (tertiary alicyclic amines) is 1.